The van der Waals surface area contributed by atoms with Crippen LogP contribution in [0.5, 0.6) is 0 Å². The molecule has 0 saturated heterocycles. The van der Waals surface area contributed by atoms with Crippen molar-refractivity contribution in [2.45, 2.75) is 45.6 Å². The van der Waals surface area contributed by atoms with Gasteiger partial charge in [0, 0.05) is 6.04 Å². The Balaban J connectivity index is 1.81. The summed E-state index contributed by atoms with van der Waals surface area (Å²) >= 11 is 0. The summed E-state index contributed by atoms with van der Waals surface area (Å²) in [6, 6.07) is 0.277. The van der Waals surface area contributed by atoms with Crippen LogP contribution in [-0.4, -0.2) is 18.7 Å². The maximum absolute atomic E-state index is 11.3. The second-order valence-corrected chi connectivity index (χ2v) is 4.99. The number of nitrogens with one attached hydrogen (secondary N) is 1. The van der Waals surface area contributed by atoms with Crippen molar-refractivity contribution < 1.29 is 9.53 Å². The monoisotopic (exact) mass is 211 g/mol. The van der Waals surface area contributed by atoms with Gasteiger partial charge in [0.1, 0.15) is 0 Å². The van der Waals surface area contributed by atoms with Crippen LogP contribution in [-0.2, 0) is 4.74 Å². The first-order chi connectivity index (χ1) is 7.20. The Hall–Kier alpha value is -0.730. The van der Waals surface area contributed by atoms with Crippen molar-refractivity contribution >= 4 is 6.09 Å². The van der Waals surface area contributed by atoms with Gasteiger partial charge in [-0.3, -0.25) is 0 Å². The lowest BCUT2D eigenvalue weighted by Gasteiger charge is -2.28. The van der Waals surface area contributed by atoms with Gasteiger partial charge in [-0.25, -0.2) is 4.79 Å². The van der Waals surface area contributed by atoms with Crippen molar-refractivity contribution in [2.24, 2.45) is 17.8 Å². The van der Waals surface area contributed by atoms with Gasteiger partial charge >= 0.3 is 6.09 Å². The molecule has 3 heteroatoms. The van der Waals surface area contributed by atoms with Crippen molar-refractivity contribution in [1.29, 1.82) is 0 Å². The number of carbonyl (C=O) groups excluding carboxylic acids is 1. The number of amides is 1. The molecule has 0 aromatic heterocycles. The first kappa shape index (κ1) is 10.8. The normalized spacial score (nSPS) is 35.2. The third kappa shape index (κ3) is 2.27. The number of rotatable bonds is 3. The molecule has 0 aliphatic heterocycles. The molecule has 0 heterocycles. The van der Waals surface area contributed by atoms with Crippen LogP contribution in [0.1, 0.15) is 39.5 Å². The lowest BCUT2D eigenvalue weighted by atomic mass is 9.84. The SMILES string of the molecule is CCOC(=O)N[C@H](C)[C@H]1C[C@@H]2CC[C@@H]1C2. The molecule has 0 unspecified atom stereocenters. The Morgan fingerprint density at radius 3 is 2.80 bits per heavy atom. The molecule has 0 aromatic rings. The highest BCUT2D eigenvalue weighted by molar-refractivity contribution is 5.67. The molecular formula is C12H21NO2. The second kappa shape index (κ2) is 4.42. The summed E-state index contributed by atoms with van der Waals surface area (Å²) < 4.78 is 4.90. The molecule has 2 rings (SSSR count). The molecule has 3 nitrogen and oxygen atoms in total. The maximum Gasteiger partial charge on any atom is 0.407 e. The Morgan fingerprint density at radius 1 is 1.47 bits per heavy atom. The van der Waals surface area contributed by atoms with E-state index in [0.29, 0.717) is 12.5 Å². The van der Waals surface area contributed by atoms with E-state index in [2.05, 4.69) is 12.2 Å². The number of hydrogen-bond acceptors (Lipinski definition) is 2. The predicted molar refractivity (Wildman–Crippen MR) is 58.6 cm³/mol. The fraction of sp³-hybridized carbons (Fsp3) is 0.917. The topological polar surface area (TPSA) is 38.3 Å². The third-order valence-electron chi connectivity index (χ3n) is 4.06. The smallest absolute Gasteiger partial charge is 0.407 e. The molecule has 2 fully saturated rings. The van der Waals surface area contributed by atoms with Crippen LogP contribution in [0.15, 0.2) is 0 Å². The molecule has 15 heavy (non-hydrogen) atoms. The van der Waals surface area contributed by atoms with E-state index in [-0.39, 0.29) is 12.1 Å². The van der Waals surface area contributed by atoms with Gasteiger partial charge in [-0.15, -0.1) is 0 Å². The average molecular weight is 211 g/mol. The summed E-state index contributed by atoms with van der Waals surface area (Å²) in [4.78, 5) is 11.3. The van der Waals surface area contributed by atoms with Crippen LogP contribution in [0.3, 0.4) is 0 Å². The van der Waals surface area contributed by atoms with E-state index in [0.717, 1.165) is 11.8 Å². The van der Waals surface area contributed by atoms with Gasteiger partial charge < -0.3 is 10.1 Å². The molecule has 2 aliphatic carbocycles. The largest absolute Gasteiger partial charge is 0.450 e. The number of carbonyl (C=O) groups is 1. The van der Waals surface area contributed by atoms with Crippen molar-refractivity contribution in [3.63, 3.8) is 0 Å². The first-order valence-electron chi connectivity index (χ1n) is 6.14. The van der Waals surface area contributed by atoms with Crippen LogP contribution in [0.4, 0.5) is 4.79 Å². The molecule has 0 radical (unpaired) electrons. The fourth-order valence-corrected chi connectivity index (χ4v) is 3.37. The Kier molecular flexibility index (Phi) is 3.17. The van der Waals surface area contributed by atoms with Crippen molar-refractivity contribution in [3.05, 3.63) is 0 Å². The highest BCUT2D eigenvalue weighted by Gasteiger charge is 2.42. The molecule has 86 valence electrons. The molecule has 4 atom stereocenters. The standard InChI is InChI=1S/C12H21NO2/c1-3-15-12(14)13-8(2)11-7-9-4-5-10(11)6-9/h8-11H,3-7H2,1-2H3,(H,13,14)/t8-,9-,10-,11-/m1/s1. The molecule has 0 spiro atoms. The van der Waals surface area contributed by atoms with Gasteiger partial charge in [0.15, 0.2) is 0 Å². The number of fused-ring (bicyclic) bond motifs is 2. The molecule has 2 aliphatic rings. The maximum atomic E-state index is 11.3. The molecule has 2 saturated carbocycles. The molecule has 2 bridgehead atoms. The average Bonchev–Trinajstić information content (AvgIpc) is 2.78. The summed E-state index contributed by atoms with van der Waals surface area (Å²) in [5.41, 5.74) is 0. The van der Waals surface area contributed by atoms with E-state index in [9.17, 15) is 4.79 Å². The lowest BCUT2D eigenvalue weighted by Crippen LogP contribution is -2.40. The van der Waals surface area contributed by atoms with E-state index in [1.54, 1.807) is 0 Å². The van der Waals surface area contributed by atoms with Crippen LogP contribution >= 0.6 is 0 Å². The zero-order valence-electron chi connectivity index (χ0n) is 9.66. The minimum atomic E-state index is -0.257. The number of hydrogen-bond donors (Lipinski definition) is 1. The predicted octanol–water partition coefficient (Wildman–Crippen LogP) is 2.56. The Morgan fingerprint density at radius 2 is 2.27 bits per heavy atom. The van der Waals surface area contributed by atoms with E-state index >= 15 is 0 Å². The summed E-state index contributed by atoms with van der Waals surface area (Å²) in [6.45, 7) is 4.40. The van der Waals surface area contributed by atoms with E-state index in [4.69, 9.17) is 4.74 Å². The Bertz CT molecular complexity index is 242. The lowest BCUT2D eigenvalue weighted by molar-refractivity contribution is 0.140. The Labute approximate surface area is 91.6 Å². The highest BCUT2D eigenvalue weighted by Crippen LogP contribution is 2.49. The second-order valence-electron chi connectivity index (χ2n) is 4.99. The van der Waals surface area contributed by atoms with Crippen LogP contribution in [0.2, 0.25) is 0 Å². The molecule has 1 amide bonds. The van der Waals surface area contributed by atoms with E-state index in [1.807, 2.05) is 6.92 Å². The van der Waals surface area contributed by atoms with Gasteiger partial charge in [-0.2, -0.15) is 0 Å². The minimum Gasteiger partial charge on any atom is -0.450 e. The van der Waals surface area contributed by atoms with Gasteiger partial charge in [-0.1, -0.05) is 6.42 Å². The zero-order chi connectivity index (χ0) is 10.8. The van der Waals surface area contributed by atoms with Crippen LogP contribution < -0.4 is 5.32 Å². The first-order valence-corrected chi connectivity index (χ1v) is 6.14. The van der Waals surface area contributed by atoms with Gasteiger partial charge in [0.05, 0.1) is 6.61 Å². The summed E-state index contributed by atoms with van der Waals surface area (Å²) in [5, 5.41) is 2.95. The quantitative estimate of drug-likeness (QED) is 0.779. The number of ether oxygens (including phenoxy) is 1. The van der Waals surface area contributed by atoms with E-state index in [1.165, 1.54) is 25.7 Å². The van der Waals surface area contributed by atoms with E-state index < -0.39 is 0 Å². The van der Waals surface area contributed by atoms with Crippen molar-refractivity contribution in [1.82, 2.24) is 5.32 Å². The summed E-state index contributed by atoms with van der Waals surface area (Å²) in [5.74, 6) is 2.48. The molecule has 1 N–H and O–H groups in total. The molecule has 0 aromatic carbocycles. The van der Waals surface area contributed by atoms with Crippen molar-refractivity contribution in [3.8, 4) is 0 Å². The van der Waals surface area contributed by atoms with Gasteiger partial charge in [0.25, 0.3) is 0 Å². The van der Waals surface area contributed by atoms with Crippen LogP contribution in [0, 0.1) is 17.8 Å². The fourth-order valence-electron chi connectivity index (χ4n) is 3.37. The highest BCUT2D eigenvalue weighted by atomic mass is 16.5. The van der Waals surface area contributed by atoms with Gasteiger partial charge in [0.2, 0.25) is 0 Å². The van der Waals surface area contributed by atoms with Crippen molar-refractivity contribution in [2.75, 3.05) is 6.61 Å². The number of alkyl carbamates (subject to hydrolysis) is 1. The summed E-state index contributed by atoms with van der Waals surface area (Å²) in [6.07, 6.45) is 5.21. The third-order valence-corrected chi connectivity index (χ3v) is 4.06. The zero-order valence-corrected chi connectivity index (χ0v) is 9.66. The van der Waals surface area contributed by atoms with Crippen LogP contribution in [0.25, 0.3) is 0 Å². The summed E-state index contributed by atoms with van der Waals surface area (Å²) in [7, 11) is 0. The van der Waals surface area contributed by atoms with Gasteiger partial charge in [-0.05, 0) is 50.9 Å². The molecular weight excluding hydrogens is 190 g/mol. The minimum absolute atomic E-state index is 0.257.